The molecule has 0 unspecified atom stereocenters. The van der Waals surface area contributed by atoms with E-state index < -0.39 is 0 Å². The molecule has 78 valence electrons. The topological polar surface area (TPSA) is 17.1 Å². The summed E-state index contributed by atoms with van der Waals surface area (Å²) >= 11 is 4.27. The third-order valence-electron chi connectivity index (χ3n) is 2.96. The quantitative estimate of drug-likeness (QED) is 0.581. The number of thiol groups is 1. The highest BCUT2D eigenvalue weighted by atomic mass is 32.1. The van der Waals surface area contributed by atoms with Crippen LogP contribution in [0.25, 0.3) is 11.1 Å². The van der Waals surface area contributed by atoms with Gasteiger partial charge in [-0.2, -0.15) is 0 Å². The third-order valence-corrected chi connectivity index (χ3v) is 3.24. The number of aryl methyl sites for hydroxylation is 1. The largest absolute Gasteiger partial charge is 0.289 e. The third kappa shape index (κ3) is 1.23. The Morgan fingerprint density at radius 2 is 1.50 bits per heavy atom. The van der Waals surface area contributed by atoms with Crippen LogP contribution in [-0.2, 0) is 0 Å². The Balaban J connectivity index is 2.34. The maximum Gasteiger partial charge on any atom is 0.194 e. The smallest absolute Gasteiger partial charge is 0.194 e. The molecule has 0 saturated carbocycles. The molecule has 2 aromatic carbocycles. The monoisotopic (exact) mass is 226 g/mol. The highest BCUT2D eigenvalue weighted by Crippen LogP contribution is 2.37. The molecule has 0 amide bonds. The van der Waals surface area contributed by atoms with Gasteiger partial charge in [-0.3, -0.25) is 4.79 Å². The molecule has 0 heterocycles. The summed E-state index contributed by atoms with van der Waals surface area (Å²) in [6.45, 7) is 2.00. The fraction of sp³-hybridized carbons (Fsp3) is 0.0714. The predicted octanol–water partition coefficient (Wildman–Crippen LogP) is 3.50. The Bertz CT molecular complexity index is 561. The highest BCUT2D eigenvalue weighted by molar-refractivity contribution is 7.80. The molecular weight excluding hydrogens is 216 g/mol. The second-order valence-electron chi connectivity index (χ2n) is 4.11. The van der Waals surface area contributed by atoms with Gasteiger partial charge in [0.2, 0.25) is 0 Å². The van der Waals surface area contributed by atoms with E-state index in [4.69, 9.17) is 0 Å². The minimum Gasteiger partial charge on any atom is -0.289 e. The maximum absolute atomic E-state index is 12.2. The molecule has 1 nitrogen and oxygen atoms in total. The fourth-order valence-electron chi connectivity index (χ4n) is 2.18. The summed E-state index contributed by atoms with van der Waals surface area (Å²) in [4.78, 5) is 13.0. The van der Waals surface area contributed by atoms with Crippen LogP contribution in [0.2, 0.25) is 0 Å². The van der Waals surface area contributed by atoms with Gasteiger partial charge in [0.1, 0.15) is 0 Å². The van der Waals surface area contributed by atoms with E-state index in [2.05, 4.69) is 12.6 Å². The molecule has 0 bridgehead atoms. The summed E-state index contributed by atoms with van der Waals surface area (Å²) < 4.78 is 0. The van der Waals surface area contributed by atoms with E-state index in [1.165, 1.54) is 0 Å². The van der Waals surface area contributed by atoms with Gasteiger partial charge >= 0.3 is 0 Å². The number of benzene rings is 2. The number of ketones is 1. The van der Waals surface area contributed by atoms with Crippen molar-refractivity contribution in [3.05, 3.63) is 53.1 Å². The van der Waals surface area contributed by atoms with E-state index in [9.17, 15) is 4.79 Å². The lowest BCUT2D eigenvalue weighted by atomic mass is 10.0. The average molecular weight is 226 g/mol. The standard InChI is InChI=1S/C14H10OS/c1-8-2-4-10-11-5-3-9(16)7-13(11)14(15)12(10)6-8/h2-7,16H,1H3. The van der Waals surface area contributed by atoms with Crippen LogP contribution in [-0.4, -0.2) is 5.78 Å². The molecule has 0 spiro atoms. The number of carbonyl (C=O) groups is 1. The van der Waals surface area contributed by atoms with E-state index in [1.54, 1.807) is 0 Å². The van der Waals surface area contributed by atoms with Gasteiger partial charge in [0.05, 0.1) is 0 Å². The van der Waals surface area contributed by atoms with Crippen LogP contribution in [0.1, 0.15) is 21.5 Å². The Hall–Kier alpha value is -1.54. The van der Waals surface area contributed by atoms with Crippen LogP contribution >= 0.6 is 12.6 Å². The first kappa shape index (κ1) is 9.67. The minimum atomic E-state index is 0.115. The molecule has 0 fully saturated rings. The molecule has 3 rings (SSSR count). The molecule has 0 N–H and O–H groups in total. The molecule has 0 aromatic heterocycles. The lowest BCUT2D eigenvalue weighted by Crippen LogP contribution is -1.95. The number of fused-ring (bicyclic) bond motifs is 3. The van der Waals surface area contributed by atoms with Crippen LogP contribution < -0.4 is 0 Å². The van der Waals surface area contributed by atoms with Crippen LogP contribution in [0.3, 0.4) is 0 Å². The van der Waals surface area contributed by atoms with Gasteiger partial charge in [0, 0.05) is 16.0 Å². The van der Waals surface area contributed by atoms with E-state index in [0.717, 1.165) is 32.7 Å². The lowest BCUT2D eigenvalue weighted by Gasteiger charge is -2.00. The Kier molecular flexibility index (Phi) is 1.95. The zero-order valence-electron chi connectivity index (χ0n) is 8.82. The Morgan fingerprint density at radius 3 is 2.25 bits per heavy atom. The zero-order chi connectivity index (χ0) is 11.3. The number of hydrogen-bond acceptors (Lipinski definition) is 2. The van der Waals surface area contributed by atoms with Crippen molar-refractivity contribution in [3.8, 4) is 11.1 Å². The summed E-state index contributed by atoms with van der Waals surface area (Å²) in [5, 5.41) is 0. The summed E-state index contributed by atoms with van der Waals surface area (Å²) in [7, 11) is 0. The van der Waals surface area contributed by atoms with E-state index in [1.807, 2.05) is 43.3 Å². The van der Waals surface area contributed by atoms with Crippen LogP contribution in [0.5, 0.6) is 0 Å². The maximum atomic E-state index is 12.2. The summed E-state index contributed by atoms with van der Waals surface area (Å²) in [5.41, 5.74) is 4.77. The van der Waals surface area contributed by atoms with Gasteiger partial charge < -0.3 is 0 Å². The van der Waals surface area contributed by atoms with Gasteiger partial charge in [-0.05, 0) is 36.2 Å². The predicted molar refractivity (Wildman–Crippen MR) is 67.3 cm³/mol. The van der Waals surface area contributed by atoms with Crippen LogP contribution in [0, 0.1) is 6.92 Å². The van der Waals surface area contributed by atoms with Crippen LogP contribution in [0.4, 0.5) is 0 Å². The molecular formula is C14H10OS. The fourth-order valence-corrected chi connectivity index (χ4v) is 2.38. The van der Waals surface area contributed by atoms with Gasteiger partial charge in [-0.15, -0.1) is 12.6 Å². The number of rotatable bonds is 0. The Labute approximate surface area is 99.5 Å². The molecule has 1 aliphatic carbocycles. The first-order chi connectivity index (χ1) is 7.66. The molecule has 0 aliphatic heterocycles. The molecule has 2 aromatic rings. The highest BCUT2D eigenvalue weighted by Gasteiger charge is 2.26. The van der Waals surface area contributed by atoms with E-state index >= 15 is 0 Å². The van der Waals surface area contributed by atoms with Crippen molar-refractivity contribution in [2.45, 2.75) is 11.8 Å². The Morgan fingerprint density at radius 1 is 0.875 bits per heavy atom. The van der Waals surface area contributed by atoms with E-state index in [0.29, 0.717) is 0 Å². The van der Waals surface area contributed by atoms with Gasteiger partial charge in [0.15, 0.2) is 5.78 Å². The van der Waals surface area contributed by atoms with Gasteiger partial charge in [-0.1, -0.05) is 23.8 Å². The van der Waals surface area contributed by atoms with Crippen molar-refractivity contribution in [1.29, 1.82) is 0 Å². The normalized spacial score (nSPS) is 12.5. The first-order valence-corrected chi connectivity index (χ1v) is 5.60. The number of carbonyl (C=O) groups excluding carboxylic acids is 1. The summed E-state index contributed by atoms with van der Waals surface area (Å²) in [6.07, 6.45) is 0. The summed E-state index contributed by atoms with van der Waals surface area (Å²) in [6, 6.07) is 11.7. The van der Waals surface area contributed by atoms with Crippen molar-refractivity contribution in [3.63, 3.8) is 0 Å². The zero-order valence-corrected chi connectivity index (χ0v) is 9.71. The summed E-state index contributed by atoms with van der Waals surface area (Å²) in [5.74, 6) is 0.115. The van der Waals surface area contributed by atoms with Crippen molar-refractivity contribution >= 4 is 18.4 Å². The minimum absolute atomic E-state index is 0.115. The number of hydrogen-bond donors (Lipinski definition) is 1. The molecule has 16 heavy (non-hydrogen) atoms. The van der Waals surface area contributed by atoms with Gasteiger partial charge in [0.25, 0.3) is 0 Å². The van der Waals surface area contributed by atoms with Crippen molar-refractivity contribution in [1.82, 2.24) is 0 Å². The average Bonchev–Trinajstić information content (AvgIpc) is 2.53. The SMILES string of the molecule is Cc1ccc2c(c1)C(=O)c1cc(S)ccc1-2. The first-order valence-electron chi connectivity index (χ1n) is 5.15. The second-order valence-corrected chi connectivity index (χ2v) is 4.62. The second kappa shape index (κ2) is 3.22. The molecule has 1 aliphatic rings. The molecule has 0 radical (unpaired) electrons. The van der Waals surface area contributed by atoms with E-state index in [-0.39, 0.29) is 5.78 Å². The molecule has 0 atom stereocenters. The van der Waals surface area contributed by atoms with Crippen LogP contribution in [0.15, 0.2) is 41.3 Å². The molecule has 0 saturated heterocycles. The lowest BCUT2D eigenvalue weighted by molar-refractivity contribution is 0.104. The molecule has 2 heteroatoms. The van der Waals surface area contributed by atoms with Crippen molar-refractivity contribution in [2.24, 2.45) is 0 Å². The van der Waals surface area contributed by atoms with Gasteiger partial charge in [-0.25, -0.2) is 0 Å². The van der Waals surface area contributed by atoms with Crippen molar-refractivity contribution in [2.75, 3.05) is 0 Å². The van der Waals surface area contributed by atoms with Crippen molar-refractivity contribution < 1.29 is 4.79 Å².